The first-order valence-electron chi connectivity index (χ1n) is 18.7. The molecular weight excluding hydrogens is 772 g/mol. The van der Waals surface area contributed by atoms with Crippen molar-refractivity contribution in [2.75, 3.05) is 60.0 Å². The summed E-state index contributed by atoms with van der Waals surface area (Å²) in [5, 5.41) is 30.8. The van der Waals surface area contributed by atoms with Crippen LogP contribution < -0.4 is 20.9 Å². The highest BCUT2D eigenvalue weighted by Gasteiger charge is 2.38. The van der Waals surface area contributed by atoms with Crippen molar-refractivity contribution in [2.24, 2.45) is 5.92 Å². The van der Waals surface area contributed by atoms with E-state index in [9.17, 15) is 32.4 Å². The van der Waals surface area contributed by atoms with Gasteiger partial charge < -0.3 is 29.6 Å². The number of carbonyl (C=O) groups excluding carboxylic acids is 3. The van der Waals surface area contributed by atoms with Crippen molar-refractivity contribution in [3.63, 3.8) is 0 Å². The van der Waals surface area contributed by atoms with Gasteiger partial charge in [-0.1, -0.05) is 37.6 Å². The number of benzene rings is 1. The first kappa shape index (κ1) is 46.8. The molecule has 0 fully saturated rings. The SMILES string of the molecule is CCCC(NC(=O)Cn1cc(CCCF)nn1)C(=O)NCCOCCOCCOCCn1cc(CN(C(C(=O)NO)C(C)C)S(=O)(=O)c2ccc(OC)cc2)nn1. The molecule has 20 nitrogen and oxygen atoms in total. The summed E-state index contributed by atoms with van der Waals surface area (Å²) >= 11 is 0. The number of sulfonamides is 1. The lowest BCUT2D eigenvalue weighted by molar-refractivity contribution is -0.134. The molecule has 3 aromatic rings. The summed E-state index contributed by atoms with van der Waals surface area (Å²) in [5.74, 6) is -1.64. The highest BCUT2D eigenvalue weighted by Crippen LogP contribution is 2.26. The molecule has 3 amide bonds. The molecule has 4 N–H and O–H groups in total. The Morgan fingerprint density at radius 3 is 2.18 bits per heavy atom. The number of halogens is 1. The van der Waals surface area contributed by atoms with E-state index in [2.05, 4.69) is 31.3 Å². The molecule has 3 rings (SSSR count). The van der Waals surface area contributed by atoms with E-state index in [1.807, 2.05) is 6.92 Å². The maximum atomic E-state index is 13.7. The van der Waals surface area contributed by atoms with Gasteiger partial charge in [-0.05, 0) is 49.4 Å². The second kappa shape index (κ2) is 24.9. The third kappa shape index (κ3) is 15.7. The fraction of sp³-hybridized carbons (Fsp3) is 0.629. The zero-order valence-electron chi connectivity index (χ0n) is 32.8. The zero-order valence-corrected chi connectivity index (χ0v) is 33.7. The standard InChI is InChI=1S/C35H55FN10O10S/c1-5-7-31(38-32(47)25-45-22-27(39-43-45)8-6-13-36)34(48)37-14-16-54-18-20-56-21-19-55-17-15-44-23-28(40-42-44)24-46(33(26(2)3)35(49)41-50)57(51,52)30-11-9-29(53-4)10-12-30/h9-12,22-23,26,31,33,50H,5-8,13-21,24-25H2,1-4H3,(H,37,48)(H,38,47)(H,41,49). The number of alkyl halides is 1. The highest BCUT2D eigenvalue weighted by molar-refractivity contribution is 7.89. The molecule has 0 aliphatic heterocycles. The smallest absolute Gasteiger partial charge is 0.262 e. The van der Waals surface area contributed by atoms with E-state index in [1.165, 1.54) is 40.7 Å². The van der Waals surface area contributed by atoms with Crippen molar-refractivity contribution < 1.29 is 51.3 Å². The molecule has 0 spiro atoms. The summed E-state index contributed by atoms with van der Waals surface area (Å²) in [7, 11) is -2.77. The van der Waals surface area contributed by atoms with Crippen LogP contribution in [0.3, 0.4) is 0 Å². The molecule has 2 atom stereocenters. The maximum Gasteiger partial charge on any atom is 0.262 e. The van der Waals surface area contributed by atoms with E-state index in [-0.39, 0.29) is 55.3 Å². The maximum absolute atomic E-state index is 13.7. The van der Waals surface area contributed by atoms with E-state index in [1.54, 1.807) is 31.7 Å². The van der Waals surface area contributed by atoms with E-state index in [0.29, 0.717) is 70.1 Å². The topological polar surface area (TPSA) is 243 Å². The Kier molecular flexibility index (Phi) is 20.4. The molecule has 2 unspecified atom stereocenters. The van der Waals surface area contributed by atoms with Gasteiger partial charge in [0.15, 0.2) is 0 Å². The minimum atomic E-state index is -4.23. The van der Waals surface area contributed by atoms with Gasteiger partial charge in [0.1, 0.15) is 24.4 Å². The Morgan fingerprint density at radius 2 is 1.54 bits per heavy atom. The van der Waals surface area contributed by atoms with Crippen molar-refractivity contribution in [1.29, 1.82) is 0 Å². The number of hydrogen-bond acceptors (Lipinski definition) is 14. The van der Waals surface area contributed by atoms with Crippen LogP contribution in [0.1, 0.15) is 51.4 Å². The fourth-order valence-electron chi connectivity index (χ4n) is 5.52. The quantitative estimate of drug-likeness (QED) is 0.0427. The molecule has 0 saturated carbocycles. The number of carbonyl (C=O) groups is 3. The van der Waals surface area contributed by atoms with Crippen LogP contribution in [-0.2, 0) is 64.7 Å². The molecule has 318 valence electrons. The second-order valence-electron chi connectivity index (χ2n) is 13.1. The number of aryl methyl sites for hydroxylation is 1. The highest BCUT2D eigenvalue weighted by atomic mass is 32.2. The Bertz CT molecular complexity index is 1760. The molecule has 0 saturated heterocycles. The summed E-state index contributed by atoms with van der Waals surface area (Å²) in [4.78, 5) is 37.7. The summed E-state index contributed by atoms with van der Waals surface area (Å²) < 4.78 is 65.5. The lowest BCUT2D eigenvalue weighted by atomic mass is 10.0. The number of methoxy groups -OCH3 is 1. The van der Waals surface area contributed by atoms with Gasteiger partial charge in [0.05, 0.1) is 82.8 Å². The molecule has 2 aromatic heterocycles. The van der Waals surface area contributed by atoms with Crippen LogP contribution in [0.4, 0.5) is 4.39 Å². The molecular formula is C35H55FN10O10S. The predicted octanol–water partition coefficient (Wildman–Crippen LogP) is 0.652. The van der Waals surface area contributed by atoms with Crippen LogP contribution in [0, 0.1) is 5.92 Å². The first-order valence-corrected chi connectivity index (χ1v) is 20.1. The molecule has 0 aliphatic rings. The normalized spacial score (nSPS) is 12.8. The number of hydroxylamine groups is 1. The van der Waals surface area contributed by atoms with Crippen LogP contribution in [0.25, 0.3) is 0 Å². The van der Waals surface area contributed by atoms with Crippen LogP contribution in [0.2, 0.25) is 0 Å². The number of aromatic nitrogens is 6. The van der Waals surface area contributed by atoms with Crippen molar-refractivity contribution in [3.8, 4) is 5.75 Å². The van der Waals surface area contributed by atoms with Crippen LogP contribution in [0.5, 0.6) is 5.75 Å². The average molecular weight is 827 g/mol. The molecule has 0 aliphatic carbocycles. The minimum absolute atomic E-state index is 0.0669. The predicted molar refractivity (Wildman–Crippen MR) is 201 cm³/mol. The average Bonchev–Trinajstić information content (AvgIpc) is 3.85. The Morgan fingerprint density at radius 1 is 0.912 bits per heavy atom. The number of amides is 3. The summed E-state index contributed by atoms with van der Waals surface area (Å²) in [6.45, 7) is 6.65. The number of rotatable bonds is 29. The van der Waals surface area contributed by atoms with Crippen LogP contribution >= 0.6 is 0 Å². The summed E-state index contributed by atoms with van der Waals surface area (Å²) in [6, 6.07) is 3.78. The largest absolute Gasteiger partial charge is 0.497 e. The van der Waals surface area contributed by atoms with Crippen molar-refractivity contribution in [1.82, 2.24) is 50.4 Å². The lowest BCUT2D eigenvalue weighted by Crippen LogP contribution is -2.51. The van der Waals surface area contributed by atoms with E-state index in [4.69, 9.17) is 18.9 Å². The molecule has 22 heteroatoms. The van der Waals surface area contributed by atoms with Gasteiger partial charge in [-0.15, -0.1) is 10.2 Å². The Hall–Kier alpha value is -4.61. The minimum Gasteiger partial charge on any atom is -0.497 e. The van der Waals surface area contributed by atoms with Crippen LogP contribution in [-0.4, -0.2) is 138 Å². The third-order valence-electron chi connectivity index (χ3n) is 8.33. The first-order chi connectivity index (χ1) is 27.4. The summed E-state index contributed by atoms with van der Waals surface area (Å²) in [5.41, 5.74) is 2.45. The second-order valence-corrected chi connectivity index (χ2v) is 15.0. The Balaban J connectivity index is 1.32. The number of hydrogen-bond donors (Lipinski definition) is 4. The fourth-order valence-corrected chi connectivity index (χ4v) is 7.21. The van der Waals surface area contributed by atoms with Gasteiger partial charge in [0.25, 0.3) is 5.91 Å². The number of nitrogens with one attached hydrogen (secondary N) is 3. The lowest BCUT2D eigenvalue weighted by Gasteiger charge is -2.31. The van der Waals surface area contributed by atoms with Gasteiger partial charge >= 0.3 is 0 Å². The van der Waals surface area contributed by atoms with E-state index in [0.717, 1.165) is 4.31 Å². The van der Waals surface area contributed by atoms with Crippen molar-refractivity contribution in [3.05, 3.63) is 48.0 Å². The molecule has 57 heavy (non-hydrogen) atoms. The third-order valence-corrected chi connectivity index (χ3v) is 10.2. The zero-order chi connectivity index (χ0) is 41.6. The van der Waals surface area contributed by atoms with Gasteiger partial charge in [-0.2, -0.15) is 4.31 Å². The monoisotopic (exact) mass is 826 g/mol. The van der Waals surface area contributed by atoms with Crippen molar-refractivity contribution >= 4 is 27.7 Å². The summed E-state index contributed by atoms with van der Waals surface area (Å²) in [6.07, 6.45) is 5.05. The van der Waals surface area contributed by atoms with Crippen molar-refractivity contribution in [2.45, 2.75) is 83.1 Å². The Labute approximate surface area is 331 Å². The number of nitrogens with zero attached hydrogens (tertiary/aromatic N) is 7. The van der Waals surface area contributed by atoms with E-state index < -0.39 is 40.6 Å². The molecule has 0 radical (unpaired) electrons. The van der Waals surface area contributed by atoms with E-state index >= 15 is 0 Å². The molecule has 0 bridgehead atoms. The number of ether oxygens (including phenoxy) is 4. The van der Waals surface area contributed by atoms with Crippen LogP contribution in [0.15, 0.2) is 41.6 Å². The molecule has 1 aromatic carbocycles. The van der Waals surface area contributed by atoms with Gasteiger partial charge in [0, 0.05) is 18.9 Å². The van der Waals surface area contributed by atoms with Gasteiger partial charge in [-0.3, -0.25) is 24.0 Å². The molecule has 2 heterocycles. The van der Waals surface area contributed by atoms with Gasteiger partial charge in [0.2, 0.25) is 21.8 Å². The van der Waals surface area contributed by atoms with Gasteiger partial charge in [-0.25, -0.2) is 23.3 Å².